The van der Waals surface area contributed by atoms with Gasteiger partial charge in [0.15, 0.2) is 0 Å². The zero-order chi connectivity index (χ0) is 13.7. The Bertz CT molecular complexity index is 376. The molecule has 0 fully saturated rings. The first-order chi connectivity index (χ1) is 8.54. The standard InChI is InChI=1S/C14H25N3O/c1-6-11(4)17(12(5)7-2)14(18)13-9-15-16(8-3)10-13/h9-12H,6-8H2,1-5H3/t11-,12-/m0/s1. The normalized spacial score (nSPS) is 14.3. The summed E-state index contributed by atoms with van der Waals surface area (Å²) in [5.74, 6) is 0.0957. The van der Waals surface area contributed by atoms with Gasteiger partial charge in [0, 0.05) is 24.8 Å². The lowest BCUT2D eigenvalue weighted by Gasteiger charge is -2.33. The number of aryl methyl sites for hydroxylation is 1. The van der Waals surface area contributed by atoms with Crippen LogP contribution >= 0.6 is 0 Å². The number of hydrogen-bond acceptors (Lipinski definition) is 2. The van der Waals surface area contributed by atoms with Crippen molar-refractivity contribution in [3.05, 3.63) is 18.0 Å². The van der Waals surface area contributed by atoms with E-state index >= 15 is 0 Å². The van der Waals surface area contributed by atoms with Gasteiger partial charge in [-0.3, -0.25) is 9.48 Å². The molecular weight excluding hydrogens is 226 g/mol. The molecule has 0 aromatic carbocycles. The van der Waals surface area contributed by atoms with Crippen LogP contribution < -0.4 is 0 Å². The number of aromatic nitrogens is 2. The molecule has 0 bridgehead atoms. The molecule has 0 N–H and O–H groups in total. The van der Waals surface area contributed by atoms with Crippen LogP contribution in [0.25, 0.3) is 0 Å². The van der Waals surface area contributed by atoms with E-state index in [9.17, 15) is 4.79 Å². The molecule has 1 rings (SSSR count). The largest absolute Gasteiger partial charge is 0.333 e. The van der Waals surface area contributed by atoms with E-state index < -0.39 is 0 Å². The third-order valence-corrected chi connectivity index (χ3v) is 3.57. The Kier molecular flexibility index (Phi) is 5.38. The van der Waals surface area contributed by atoms with Gasteiger partial charge >= 0.3 is 0 Å². The molecule has 1 amide bonds. The molecule has 0 unspecified atom stereocenters. The lowest BCUT2D eigenvalue weighted by Crippen LogP contribution is -2.44. The number of nitrogens with zero attached hydrogens (tertiary/aromatic N) is 3. The molecule has 0 spiro atoms. The van der Waals surface area contributed by atoms with Crippen molar-refractivity contribution in [3.63, 3.8) is 0 Å². The van der Waals surface area contributed by atoms with Gasteiger partial charge in [-0.15, -0.1) is 0 Å². The topological polar surface area (TPSA) is 38.1 Å². The number of carbonyl (C=O) groups is 1. The maximum atomic E-state index is 12.5. The second-order valence-corrected chi connectivity index (χ2v) is 4.81. The van der Waals surface area contributed by atoms with Crippen LogP contribution in [0.1, 0.15) is 57.8 Å². The summed E-state index contributed by atoms with van der Waals surface area (Å²) in [6, 6.07) is 0.523. The Balaban J connectivity index is 2.94. The molecule has 4 nitrogen and oxygen atoms in total. The Morgan fingerprint density at radius 1 is 1.28 bits per heavy atom. The molecular formula is C14H25N3O. The van der Waals surface area contributed by atoms with Crippen LogP contribution in [0.2, 0.25) is 0 Å². The summed E-state index contributed by atoms with van der Waals surface area (Å²) in [6.45, 7) is 11.2. The maximum Gasteiger partial charge on any atom is 0.257 e. The average Bonchev–Trinajstić information content (AvgIpc) is 2.86. The monoisotopic (exact) mass is 251 g/mol. The van der Waals surface area contributed by atoms with Crippen LogP contribution in [0, 0.1) is 0 Å². The van der Waals surface area contributed by atoms with E-state index in [0.29, 0.717) is 5.56 Å². The fourth-order valence-electron chi connectivity index (χ4n) is 2.02. The van der Waals surface area contributed by atoms with Crippen molar-refractivity contribution in [3.8, 4) is 0 Å². The highest BCUT2D eigenvalue weighted by atomic mass is 16.2. The second kappa shape index (κ2) is 6.57. The molecule has 1 aromatic heterocycles. The summed E-state index contributed by atoms with van der Waals surface area (Å²) < 4.78 is 1.79. The van der Waals surface area contributed by atoms with Gasteiger partial charge in [-0.1, -0.05) is 13.8 Å². The smallest absolute Gasteiger partial charge is 0.257 e. The highest BCUT2D eigenvalue weighted by Gasteiger charge is 2.25. The molecule has 18 heavy (non-hydrogen) atoms. The van der Waals surface area contributed by atoms with Crippen LogP contribution in [-0.4, -0.2) is 32.7 Å². The first-order valence-corrected chi connectivity index (χ1v) is 6.90. The van der Waals surface area contributed by atoms with E-state index in [-0.39, 0.29) is 18.0 Å². The van der Waals surface area contributed by atoms with Gasteiger partial charge in [-0.25, -0.2) is 0 Å². The van der Waals surface area contributed by atoms with E-state index in [1.54, 1.807) is 10.9 Å². The second-order valence-electron chi connectivity index (χ2n) is 4.81. The molecule has 4 heteroatoms. The van der Waals surface area contributed by atoms with E-state index in [4.69, 9.17) is 0 Å². The van der Waals surface area contributed by atoms with Crippen LogP contribution in [-0.2, 0) is 6.54 Å². The molecule has 0 saturated carbocycles. The van der Waals surface area contributed by atoms with Gasteiger partial charge in [-0.05, 0) is 33.6 Å². The van der Waals surface area contributed by atoms with Gasteiger partial charge in [0.25, 0.3) is 5.91 Å². The Morgan fingerprint density at radius 3 is 2.22 bits per heavy atom. The van der Waals surface area contributed by atoms with Crippen LogP contribution in [0.3, 0.4) is 0 Å². The lowest BCUT2D eigenvalue weighted by atomic mass is 10.1. The first-order valence-electron chi connectivity index (χ1n) is 6.90. The first kappa shape index (κ1) is 14.7. The molecule has 0 radical (unpaired) electrons. The Hall–Kier alpha value is -1.32. The van der Waals surface area contributed by atoms with Crippen molar-refractivity contribution in [1.82, 2.24) is 14.7 Å². The van der Waals surface area contributed by atoms with Crippen molar-refractivity contribution in [2.75, 3.05) is 0 Å². The SMILES string of the molecule is CC[C@H](C)N(C(=O)c1cnn(CC)c1)[C@@H](C)CC. The quantitative estimate of drug-likeness (QED) is 0.779. The number of hydrogen-bond donors (Lipinski definition) is 0. The van der Waals surface area contributed by atoms with Crippen molar-refractivity contribution >= 4 is 5.91 Å². The third-order valence-electron chi connectivity index (χ3n) is 3.57. The highest BCUT2D eigenvalue weighted by molar-refractivity contribution is 5.94. The van der Waals surface area contributed by atoms with Crippen molar-refractivity contribution in [2.24, 2.45) is 0 Å². The van der Waals surface area contributed by atoms with Crippen LogP contribution in [0.15, 0.2) is 12.4 Å². The van der Waals surface area contributed by atoms with Crippen LogP contribution in [0.5, 0.6) is 0 Å². The van der Waals surface area contributed by atoms with Gasteiger partial charge in [0.05, 0.1) is 11.8 Å². The molecule has 0 aliphatic carbocycles. The Morgan fingerprint density at radius 2 is 1.83 bits per heavy atom. The fraction of sp³-hybridized carbons (Fsp3) is 0.714. The molecule has 1 heterocycles. The van der Waals surface area contributed by atoms with E-state index in [1.165, 1.54) is 0 Å². The van der Waals surface area contributed by atoms with Crippen LogP contribution in [0.4, 0.5) is 0 Å². The summed E-state index contributed by atoms with van der Waals surface area (Å²) in [5, 5.41) is 4.18. The predicted molar refractivity (Wildman–Crippen MR) is 73.6 cm³/mol. The van der Waals surface area contributed by atoms with Crippen molar-refractivity contribution in [1.29, 1.82) is 0 Å². The van der Waals surface area contributed by atoms with Crippen molar-refractivity contribution in [2.45, 2.75) is 66.1 Å². The van der Waals surface area contributed by atoms with E-state index in [2.05, 4.69) is 32.8 Å². The van der Waals surface area contributed by atoms with Gasteiger partial charge in [0.2, 0.25) is 0 Å². The lowest BCUT2D eigenvalue weighted by molar-refractivity contribution is 0.0598. The molecule has 0 saturated heterocycles. The fourth-order valence-corrected chi connectivity index (χ4v) is 2.02. The summed E-state index contributed by atoms with van der Waals surface area (Å²) >= 11 is 0. The van der Waals surface area contributed by atoms with Gasteiger partial charge < -0.3 is 4.90 Å². The zero-order valence-electron chi connectivity index (χ0n) is 12.2. The minimum atomic E-state index is 0.0957. The van der Waals surface area contributed by atoms with Gasteiger partial charge in [0.1, 0.15) is 0 Å². The average molecular weight is 251 g/mol. The number of rotatable bonds is 6. The van der Waals surface area contributed by atoms with Gasteiger partial charge in [-0.2, -0.15) is 5.10 Å². The zero-order valence-corrected chi connectivity index (χ0v) is 12.2. The van der Waals surface area contributed by atoms with E-state index in [0.717, 1.165) is 19.4 Å². The Labute approximate surface area is 110 Å². The summed E-state index contributed by atoms with van der Waals surface area (Å²) in [7, 11) is 0. The molecule has 0 aliphatic rings. The molecule has 0 aliphatic heterocycles. The molecule has 102 valence electrons. The number of carbonyl (C=O) groups excluding carboxylic acids is 1. The van der Waals surface area contributed by atoms with Crippen molar-refractivity contribution < 1.29 is 4.79 Å². The minimum absolute atomic E-state index is 0.0957. The third kappa shape index (κ3) is 3.12. The summed E-state index contributed by atoms with van der Waals surface area (Å²) in [4.78, 5) is 14.5. The summed E-state index contributed by atoms with van der Waals surface area (Å²) in [6.07, 6.45) is 5.44. The molecule has 1 aromatic rings. The predicted octanol–water partition coefficient (Wildman–Crippen LogP) is 2.94. The highest BCUT2D eigenvalue weighted by Crippen LogP contribution is 2.16. The van der Waals surface area contributed by atoms with E-state index in [1.807, 2.05) is 18.0 Å². The minimum Gasteiger partial charge on any atom is -0.333 e. The maximum absolute atomic E-state index is 12.5. The number of amides is 1. The summed E-state index contributed by atoms with van der Waals surface area (Å²) in [5.41, 5.74) is 0.692. The molecule has 2 atom stereocenters.